The SMILES string of the molecule is O=P([O-])(OC(F)CC(F)(F)F)OC(F)CC(F)(F)F.[NH4+]. The maximum absolute atomic E-state index is 12.4. The van der Waals surface area contributed by atoms with Gasteiger partial charge in [0.15, 0.2) is 0 Å². The zero-order valence-electron chi connectivity index (χ0n) is 9.67. The second-order valence-corrected chi connectivity index (χ2v) is 4.43. The average Bonchev–Trinajstić information content (AvgIpc) is 1.89. The number of quaternary nitrogens is 1. The topological polar surface area (TPSA) is 95.1 Å². The van der Waals surface area contributed by atoms with Gasteiger partial charge in [0.1, 0.15) is 0 Å². The van der Waals surface area contributed by atoms with E-state index < -0.39 is 45.7 Å². The van der Waals surface area contributed by atoms with Crippen LogP contribution < -0.4 is 11.0 Å². The summed E-state index contributed by atoms with van der Waals surface area (Å²) in [4.78, 5) is 10.6. The van der Waals surface area contributed by atoms with Crippen molar-refractivity contribution in [1.29, 1.82) is 0 Å². The Morgan fingerprint density at radius 2 is 1.15 bits per heavy atom. The van der Waals surface area contributed by atoms with Crippen LogP contribution in [0.3, 0.4) is 0 Å². The number of hydrogen-bond acceptors (Lipinski definition) is 4. The molecule has 0 rings (SSSR count). The molecule has 0 fully saturated rings. The predicted octanol–water partition coefficient (Wildman–Crippen LogP) is 3.36. The van der Waals surface area contributed by atoms with Crippen LogP contribution in [-0.2, 0) is 13.6 Å². The molecule has 124 valence electrons. The third kappa shape index (κ3) is 12.5. The molecule has 0 saturated heterocycles. The maximum Gasteiger partial charge on any atom is 0.394 e. The summed E-state index contributed by atoms with van der Waals surface area (Å²) in [5.74, 6) is 0. The first-order chi connectivity index (χ1) is 8.20. The molecule has 2 atom stereocenters. The van der Waals surface area contributed by atoms with E-state index in [1.807, 2.05) is 0 Å². The van der Waals surface area contributed by atoms with Gasteiger partial charge in [0.2, 0.25) is 12.7 Å². The lowest BCUT2D eigenvalue weighted by Gasteiger charge is -2.26. The van der Waals surface area contributed by atoms with Crippen LogP contribution in [0.15, 0.2) is 0 Å². The summed E-state index contributed by atoms with van der Waals surface area (Å²) in [6, 6.07) is 0. The second-order valence-electron chi connectivity index (χ2n) is 3.12. The third-order valence-electron chi connectivity index (χ3n) is 1.27. The van der Waals surface area contributed by atoms with Crippen molar-refractivity contribution in [3.8, 4) is 0 Å². The molecule has 4 N–H and O–H groups in total. The van der Waals surface area contributed by atoms with Gasteiger partial charge in [-0.2, -0.15) is 26.3 Å². The van der Waals surface area contributed by atoms with E-state index in [-0.39, 0.29) is 6.15 Å². The Balaban J connectivity index is 0. The van der Waals surface area contributed by atoms with Gasteiger partial charge in [-0.05, 0) is 0 Å². The zero-order valence-corrected chi connectivity index (χ0v) is 10.6. The lowest BCUT2D eigenvalue weighted by Crippen LogP contribution is -2.24. The average molecular weight is 343 g/mol. The third-order valence-corrected chi connectivity index (χ3v) is 2.24. The first kappa shape index (κ1) is 21.8. The van der Waals surface area contributed by atoms with E-state index in [4.69, 9.17) is 0 Å². The van der Waals surface area contributed by atoms with E-state index in [0.717, 1.165) is 0 Å². The van der Waals surface area contributed by atoms with Gasteiger partial charge in [-0.3, -0.25) is 13.6 Å². The van der Waals surface area contributed by atoms with Crippen molar-refractivity contribution in [2.45, 2.75) is 37.9 Å². The molecule has 2 unspecified atom stereocenters. The molecule has 14 heteroatoms. The Kier molecular flexibility index (Phi) is 8.17. The number of rotatable bonds is 6. The molecule has 0 saturated carbocycles. The summed E-state index contributed by atoms with van der Waals surface area (Å²) < 4.78 is 111. The van der Waals surface area contributed by atoms with Gasteiger partial charge in [-0.15, -0.1) is 0 Å². The number of phosphoric ester groups is 1. The highest BCUT2D eigenvalue weighted by molar-refractivity contribution is 7.45. The Morgan fingerprint density at radius 1 is 0.900 bits per heavy atom. The van der Waals surface area contributed by atoms with E-state index in [1.165, 1.54) is 0 Å². The number of halogens is 8. The lowest BCUT2D eigenvalue weighted by atomic mass is 10.4. The quantitative estimate of drug-likeness (QED) is 0.591. The molecule has 0 aliphatic rings. The van der Waals surface area contributed by atoms with E-state index >= 15 is 0 Å². The van der Waals surface area contributed by atoms with Gasteiger partial charge < -0.3 is 11.0 Å². The van der Waals surface area contributed by atoms with Crippen LogP contribution in [-0.4, -0.2) is 25.1 Å². The Bertz CT molecular complexity index is 306. The molecule has 20 heavy (non-hydrogen) atoms. The van der Waals surface area contributed by atoms with Crippen LogP contribution in [0.5, 0.6) is 0 Å². The van der Waals surface area contributed by atoms with Gasteiger partial charge >= 0.3 is 12.4 Å². The molecule has 0 aromatic carbocycles. The van der Waals surface area contributed by atoms with Crippen LogP contribution in [0.2, 0.25) is 0 Å². The Labute approximate surface area is 107 Å². The van der Waals surface area contributed by atoms with E-state index in [2.05, 4.69) is 9.05 Å². The normalized spacial score (nSPS) is 18.9. The summed E-state index contributed by atoms with van der Waals surface area (Å²) >= 11 is 0. The van der Waals surface area contributed by atoms with Crippen molar-refractivity contribution >= 4 is 7.82 Å². The fourth-order valence-corrected chi connectivity index (χ4v) is 1.50. The highest BCUT2D eigenvalue weighted by Crippen LogP contribution is 2.45. The van der Waals surface area contributed by atoms with Gasteiger partial charge in [-0.1, -0.05) is 0 Å². The van der Waals surface area contributed by atoms with E-state index in [0.29, 0.717) is 0 Å². The van der Waals surface area contributed by atoms with Crippen molar-refractivity contribution in [3.05, 3.63) is 0 Å². The Hall–Kier alpha value is -0.490. The first-order valence-electron chi connectivity index (χ1n) is 4.30. The van der Waals surface area contributed by atoms with Gasteiger partial charge in [-0.25, -0.2) is 8.78 Å². The fraction of sp³-hybridized carbons (Fsp3) is 1.00. The van der Waals surface area contributed by atoms with Crippen LogP contribution in [0, 0.1) is 0 Å². The summed E-state index contributed by atoms with van der Waals surface area (Å²) in [6.07, 6.45) is -21.8. The van der Waals surface area contributed by atoms with E-state index in [9.17, 15) is 44.6 Å². The molecule has 0 spiro atoms. The second kappa shape index (κ2) is 7.50. The molecule has 0 aromatic rings. The lowest BCUT2D eigenvalue weighted by molar-refractivity contribution is -0.256. The molecule has 0 radical (unpaired) electrons. The van der Waals surface area contributed by atoms with Crippen molar-refractivity contribution in [1.82, 2.24) is 6.15 Å². The molecule has 0 bridgehead atoms. The highest BCUT2D eigenvalue weighted by atomic mass is 31.2. The molecular weight excluding hydrogens is 333 g/mol. The van der Waals surface area contributed by atoms with Crippen molar-refractivity contribution < 1.29 is 53.6 Å². The van der Waals surface area contributed by atoms with Crippen LogP contribution >= 0.6 is 7.82 Å². The van der Waals surface area contributed by atoms with Crippen LogP contribution in [0.4, 0.5) is 35.1 Å². The van der Waals surface area contributed by atoms with Crippen LogP contribution in [0.1, 0.15) is 12.8 Å². The zero-order chi connectivity index (χ0) is 15.5. The fourth-order valence-electron chi connectivity index (χ4n) is 0.743. The molecule has 0 aliphatic carbocycles. The molecular formula is C6H10F8NO4P. The number of phosphoric acid groups is 1. The molecule has 0 heterocycles. The van der Waals surface area contributed by atoms with Gasteiger partial charge in [0, 0.05) is 0 Å². The molecule has 0 aliphatic heterocycles. The number of hydrogen-bond donors (Lipinski definition) is 1. The van der Waals surface area contributed by atoms with Crippen molar-refractivity contribution in [3.63, 3.8) is 0 Å². The van der Waals surface area contributed by atoms with E-state index in [1.54, 1.807) is 0 Å². The minimum atomic E-state index is -5.98. The Morgan fingerprint density at radius 3 is 1.35 bits per heavy atom. The molecule has 5 nitrogen and oxygen atoms in total. The summed E-state index contributed by atoms with van der Waals surface area (Å²) in [5, 5.41) is 0. The molecule has 0 aromatic heterocycles. The minimum absolute atomic E-state index is 0. The standard InChI is InChI=1S/C6H7F8O4P.H3N/c7-3(1-5(9,10)11)17-19(15,16)18-4(8)2-6(12,13)14;/h3-4H,1-2H2,(H,15,16);1H3. The van der Waals surface area contributed by atoms with Crippen molar-refractivity contribution in [2.75, 3.05) is 0 Å². The number of alkyl halides is 8. The largest absolute Gasteiger partial charge is 0.756 e. The smallest absolute Gasteiger partial charge is 0.394 e. The first-order valence-corrected chi connectivity index (χ1v) is 5.76. The predicted molar refractivity (Wildman–Crippen MR) is 46.9 cm³/mol. The molecule has 0 amide bonds. The summed E-state index contributed by atoms with van der Waals surface area (Å²) in [6.45, 7) is 0. The monoisotopic (exact) mass is 343 g/mol. The van der Waals surface area contributed by atoms with Gasteiger partial charge in [0.25, 0.3) is 7.82 Å². The summed E-state index contributed by atoms with van der Waals surface area (Å²) in [5.41, 5.74) is 0. The highest BCUT2D eigenvalue weighted by Gasteiger charge is 2.37. The summed E-state index contributed by atoms with van der Waals surface area (Å²) in [7, 11) is -5.98. The maximum atomic E-state index is 12.4. The van der Waals surface area contributed by atoms with Crippen LogP contribution in [0.25, 0.3) is 0 Å². The van der Waals surface area contributed by atoms with Gasteiger partial charge in [0.05, 0.1) is 12.8 Å². The minimum Gasteiger partial charge on any atom is -0.756 e. The van der Waals surface area contributed by atoms with Crippen molar-refractivity contribution in [2.24, 2.45) is 0 Å².